The fourth-order valence-corrected chi connectivity index (χ4v) is 14.1. The second kappa shape index (κ2) is 34.8. The maximum absolute atomic E-state index is 11.7. The Kier molecular flexibility index (Phi) is 38.9. The normalized spacial score (nSPS) is 12.6. The Morgan fingerprint density at radius 1 is 0.246 bits per heavy atom. The van der Waals surface area contributed by atoms with E-state index in [1.54, 1.807) is 0 Å². The molecule has 0 aliphatic heterocycles. The van der Waals surface area contributed by atoms with Crippen molar-refractivity contribution < 1.29 is 61.3 Å². The Labute approximate surface area is 419 Å². The fourth-order valence-electron chi connectivity index (χ4n) is 14.1. The van der Waals surface area contributed by atoms with Crippen molar-refractivity contribution in [2.24, 2.45) is 43.3 Å². The van der Waals surface area contributed by atoms with Gasteiger partial charge in [-0.05, 0) is 150 Å². The number of carbonyl (C=O) groups is 4. The first-order valence-electron chi connectivity index (χ1n) is 26.9. The van der Waals surface area contributed by atoms with Gasteiger partial charge in [-0.3, -0.25) is 19.2 Å². The van der Waals surface area contributed by atoms with E-state index in [0.717, 1.165) is 154 Å². The van der Waals surface area contributed by atoms with Crippen molar-refractivity contribution in [3.8, 4) is 0 Å². The van der Waals surface area contributed by atoms with Gasteiger partial charge in [0.15, 0.2) is 0 Å². The van der Waals surface area contributed by atoms with Gasteiger partial charge in [-0.2, -0.15) is 0 Å². The molecule has 0 aromatic heterocycles. The van der Waals surface area contributed by atoms with Crippen molar-refractivity contribution in [3.05, 3.63) is 0 Å². The van der Waals surface area contributed by atoms with Crippen LogP contribution in [0.4, 0.5) is 0 Å². The molecule has 8 nitrogen and oxygen atoms in total. The first kappa shape index (κ1) is 72.6. The maximum Gasteiger partial charge on any atom is 0.310 e. The maximum atomic E-state index is 11.7. The zero-order valence-corrected chi connectivity index (χ0v) is 48.5. The minimum atomic E-state index is -0.602. The Morgan fingerprint density at radius 3 is 0.400 bits per heavy atom. The first-order valence-corrected chi connectivity index (χ1v) is 26.9. The Morgan fingerprint density at radius 2 is 0.354 bits per heavy atom. The van der Waals surface area contributed by atoms with Crippen LogP contribution in [-0.2, 0) is 40.9 Å². The van der Waals surface area contributed by atoms with Crippen LogP contribution in [0.25, 0.3) is 0 Å². The molecule has 0 amide bonds. The predicted octanol–water partition coefficient (Wildman–Crippen LogP) is 17.9. The van der Waals surface area contributed by atoms with E-state index in [0.29, 0.717) is 0 Å². The molecule has 0 rings (SSSR count). The summed E-state index contributed by atoms with van der Waals surface area (Å²) in [5.74, 6) is -2.41. The molecule has 0 saturated carbocycles. The van der Waals surface area contributed by atoms with Crippen LogP contribution in [0.15, 0.2) is 0 Å². The Hall–Kier alpha value is -1.41. The molecule has 0 heterocycles. The minimum Gasteiger partial charge on any atom is -0.481 e. The number of aliphatic carboxylic acids is 4. The summed E-state index contributed by atoms with van der Waals surface area (Å²) in [6.45, 7) is 41.9. The van der Waals surface area contributed by atoms with E-state index in [2.05, 4.69) is 83.1 Å². The molecule has 9 heteroatoms. The molecule has 0 aromatic carbocycles. The molecule has 388 valence electrons. The van der Waals surface area contributed by atoms with Gasteiger partial charge in [0, 0.05) is 21.7 Å². The number of hydrogen-bond donors (Lipinski definition) is 4. The average Bonchev–Trinajstić information content (AvgIpc) is 3.29. The molecule has 4 N–H and O–H groups in total. The smallest absolute Gasteiger partial charge is 0.310 e. The van der Waals surface area contributed by atoms with E-state index in [9.17, 15) is 39.6 Å². The summed E-state index contributed by atoms with van der Waals surface area (Å²) >= 11 is 0. The number of carboxylic acids is 4. The summed E-state index contributed by atoms with van der Waals surface area (Å²) in [4.78, 5) is 46.9. The summed E-state index contributed by atoms with van der Waals surface area (Å²) in [7, 11) is 0. The summed E-state index contributed by atoms with van der Waals surface area (Å²) in [5.41, 5.74) is -2.26. The van der Waals surface area contributed by atoms with Crippen LogP contribution in [0.5, 0.6) is 0 Å². The molecule has 0 aliphatic carbocycles. The van der Waals surface area contributed by atoms with Gasteiger partial charge in [-0.25, -0.2) is 0 Å². The first-order chi connectivity index (χ1) is 30.0. The van der Waals surface area contributed by atoms with Crippen LogP contribution in [0.1, 0.15) is 293 Å². The second-order valence-corrected chi connectivity index (χ2v) is 19.3. The summed E-state index contributed by atoms with van der Waals surface area (Å²) < 4.78 is 0. The third-order valence-corrected chi connectivity index (χ3v) is 18.9. The monoisotopic (exact) mass is 961 g/mol. The van der Waals surface area contributed by atoms with Crippen LogP contribution >= 0.6 is 0 Å². The predicted molar refractivity (Wildman–Crippen MR) is 274 cm³/mol. The van der Waals surface area contributed by atoms with Gasteiger partial charge in [0.25, 0.3) is 0 Å². The van der Waals surface area contributed by atoms with Crippen molar-refractivity contribution in [1.82, 2.24) is 0 Å². The molecule has 0 atom stereocenters. The van der Waals surface area contributed by atoms with Crippen molar-refractivity contribution in [2.45, 2.75) is 293 Å². The molecule has 0 saturated heterocycles. The van der Waals surface area contributed by atoms with Crippen LogP contribution in [0.2, 0.25) is 0 Å². The SMILES string of the molecule is CCCC(CC)(CC)C(CC)(CC)C(=O)O.CCCC(CC)(CC)C(CC)(CC)C(=O)O.CCCC(CC)(CC)C(CC)(CC)C(=O)O.CCCC(CC)(CC)C(CC)(CC)C(=O)O.[Ti]. The summed E-state index contributed by atoms with van der Waals surface area (Å²) in [5, 5.41) is 38.6. The summed E-state index contributed by atoms with van der Waals surface area (Å²) in [6.07, 6.45) is 22.0. The van der Waals surface area contributed by atoms with E-state index in [-0.39, 0.29) is 43.4 Å². The molecule has 0 spiro atoms. The van der Waals surface area contributed by atoms with Crippen molar-refractivity contribution in [1.29, 1.82) is 0 Å². The molecular weight excluding hydrogens is 848 g/mol. The van der Waals surface area contributed by atoms with Crippen molar-refractivity contribution in [3.63, 3.8) is 0 Å². The van der Waals surface area contributed by atoms with E-state index < -0.39 is 45.5 Å². The van der Waals surface area contributed by atoms with E-state index >= 15 is 0 Å². The average molecular weight is 961 g/mol. The molecule has 0 fully saturated rings. The second-order valence-electron chi connectivity index (χ2n) is 19.3. The Bertz CT molecular complexity index is 1050. The molecule has 65 heavy (non-hydrogen) atoms. The topological polar surface area (TPSA) is 149 Å². The third kappa shape index (κ3) is 15.3. The van der Waals surface area contributed by atoms with Gasteiger partial charge in [0.2, 0.25) is 0 Å². The third-order valence-electron chi connectivity index (χ3n) is 18.9. The zero-order valence-electron chi connectivity index (χ0n) is 46.9. The standard InChI is InChI=1S/4C14H28O2.Ti/c4*1-6-11-13(7-2,8-3)14(9-4,10-5)12(15)16;/h4*6-11H2,1-5H3,(H,15,16);. The molecule has 0 aromatic rings. The van der Waals surface area contributed by atoms with E-state index in [1.165, 1.54) is 0 Å². The van der Waals surface area contributed by atoms with Gasteiger partial charge < -0.3 is 20.4 Å². The minimum absolute atomic E-state index is 0. The van der Waals surface area contributed by atoms with Crippen molar-refractivity contribution in [2.75, 3.05) is 0 Å². The number of hydrogen-bond acceptors (Lipinski definition) is 4. The number of rotatable bonds is 32. The molecular formula is C56H112O8Ti. The van der Waals surface area contributed by atoms with Crippen LogP contribution in [0.3, 0.4) is 0 Å². The summed E-state index contributed by atoms with van der Waals surface area (Å²) in [6, 6.07) is 0. The van der Waals surface area contributed by atoms with Gasteiger partial charge in [0.1, 0.15) is 0 Å². The van der Waals surface area contributed by atoms with Gasteiger partial charge in [-0.1, -0.05) is 164 Å². The quantitative estimate of drug-likeness (QED) is 0.0487. The largest absolute Gasteiger partial charge is 0.481 e. The fraction of sp³-hybridized carbons (Fsp3) is 0.929. The van der Waals surface area contributed by atoms with Gasteiger partial charge >= 0.3 is 23.9 Å². The van der Waals surface area contributed by atoms with Crippen LogP contribution < -0.4 is 0 Å². The molecule has 0 bridgehead atoms. The van der Waals surface area contributed by atoms with E-state index in [1.807, 2.05) is 55.4 Å². The van der Waals surface area contributed by atoms with Gasteiger partial charge in [-0.15, -0.1) is 0 Å². The Balaban J connectivity index is -0.000000245. The molecule has 0 unspecified atom stereocenters. The van der Waals surface area contributed by atoms with Gasteiger partial charge in [0.05, 0.1) is 21.7 Å². The molecule has 0 radical (unpaired) electrons. The molecule has 0 aliphatic rings. The van der Waals surface area contributed by atoms with Crippen LogP contribution in [-0.4, -0.2) is 44.3 Å². The van der Waals surface area contributed by atoms with Crippen LogP contribution in [0, 0.1) is 43.3 Å². The zero-order chi connectivity index (χ0) is 51.3. The van der Waals surface area contributed by atoms with Crippen molar-refractivity contribution >= 4 is 23.9 Å². The number of carboxylic acid groups (broad SMARTS) is 4. The van der Waals surface area contributed by atoms with E-state index in [4.69, 9.17) is 0 Å².